The molecule has 1 aliphatic rings. The van der Waals surface area contributed by atoms with Gasteiger partial charge in [-0.3, -0.25) is 10.1 Å². The van der Waals surface area contributed by atoms with Crippen LogP contribution in [-0.4, -0.2) is 30.2 Å². The zero-order valence-corrected chi connectivity index (χ0v) is 11.1. The highest BCUT2D eigenvalue weighted by atomic mass is 16.5. The Morgan fingerprint density at radius 1 is 1.44 bits per heavy atom. The van der Waals surface area contributed by atoms with E-state index in [9.17, 15) is 9.59 Å². The molecule has 3 amide bonds. The van der Waals surface area contributed by atoms with Crippen LogP contribution in [-0.2, 0) is 9.53 Å². The lowest BCUT2D eigenvalue weighted by atomic mass is 9.79. The number of rotatable bonds is 4. The van der Waals surface area contributed by atoms with Crippen LogP contribution in [0.2, 0.25) is 0 Å². The molecule has 6 nitrogen and oxygen atoms in total. The average molecular weight is 257 g/mol. The first-order chi connectivity index (χ1) is 8.38. The SMILES string of the molecule is CC1CCC(CN)(OC(C)C(=O)NC(N)=O)CC1. The van der Waals surface area contributed by atoms with Gasteiger partial charge in [-0.1, -0.05) is 6.92 Å². The van der Waals surface area contributed by atoms with Gasteiger partial charge in [0.25, 0.3) is 5.91 Å². The van der Waals surface area contributed by atoms with Crippen molar-refractivity contribution in [3.8, 4) is 0 Å². The van der Waals surface area contributed by atoms with E-state index in [0.717, 1.165) is 25.7 Å². The summed E-state index contributed by atoms with van der Waals surface area (Å²) in [4.78, 5) is 22.2. The summed E-state index contributed by atoms with van der Waals surface area (Å²) in [5.41, 5.74) is 10.2. The number of hydrogen-bond donors (Lipinski definition) is 3. The molecule has 1 rings (SSSR count). The van der Waals surface area contributed by atoms with Gasteiger partial charge in [-0.05, 0) is 38.5 Å². The standard InChI is InChI=1S/C12H23N3O3/c1-8-3-5-12(7-13,6-4-8)18-9(2)10(16)15-11(14)17/h8-9H,3-7,13H2,1-2H3,(H3,14,15,16,17). The number of ether oxygens (including phenoxy) is 1. The summed E-state index contributed by atoms with van der Waals surface area (Å²) in [5.74, 6) is 0.150. The number of amides is 3. The molecule has 0 heterocycles. The second-order valence-corrected chi connectivity index (χ2v) is 5.18. The second kappa shape index (κ2) is 6.15. The molecule has 18 heavy (non-hydrogen) atoms. The van der Waals surface area contributed by atoms with Crippen molar-refractivity contribution in [1.29, 1.82) is 0 Å². The summed E-state index contributed by atoms with van der Waals surface area (Å²) < 4.78 is 5.79. The van der Waals surface area contributed by atoms with E-state index in [-0.39, 0.29) is 0 Å². The monoisotopic (exact) mass is 257 g/mol. The molecule has 0 aromatic heterocycles. The molecule has 1 fully saturated rings. The number of hydrogen-bond acceptors (Lipinski definition) is 4. The number of primary amides is 1. The number of imide groups is 1. The van der Waals surface area contributed by atoms with Crippen LogP contribution in [0.4, 0.5) is 4.79 Å². The lowest BCUT2D eigenvalue weighted by Crippen LogP contribution is -2.50. The van der Waals surface area contributed by atoms with Crippen molar-refractivity contribution in [3.05, 3.63) is 0 Å². The van der Waals surface area contributed by atoms with E-state index in [4.69, 9.17) is 16.2 Å². The minimum absolute atomic E-state index is 0.383. The highest BCUT2D eigenvalue weighted by Crippen LogP contribution is 2.34. The van der Waals surface area contributed by atoms with E-state index in [1.54, 1.807) is 6.92 Å². The van der Waals surface area contributed by atoms with Crippen LogP contribution < -0.4 is 16.8 Å². The third kappa shape index (κ3) is 3.96. The summed E-state index contributed by atoms with van der Waals surface area (Å²) in [6.45, 7) is 4.19. The fourth-order valence-corrected chi connectivity index (χ4v) is 2.31. The summed E-state index contributed by atoms with van der Waals surface area (Å²) in [7, 11) is 0. The molecule has 104 valence electrons. The number of carbonyl (C=O) groups excluding carboxylic acids is 2. The van der Waals surface area contributed by atoms with Crippen molar-refractivity contribution in [3.63, 3.8) is 0 Å². The molecule has 1 saturated carbocycles. The van der Waals surface area contributed by atoms with Gasteiger partial charge in [0, 0.05) is 6.54 Å². The highest BCUT2D eigenvalue weighted by molar-refractivity contribution is 5.95. The molecule has 0 aromatic carbocycles. The van der Waals surface area contributed by atoms with E-state index in [1.807, 2.05) is 5.32 Å². The summed E-state index contributed by atoms with van der Waals surface area (Å²) in [5, 5.41) is 2.02. The molecule has 0 radical (unpaired) electrons. The normalized spacial score (nSPS) is 29.6. The molecule has 0 aliphatic heterocycles. The quantitative estimate of drug-likeness (QED) is 0.681. The van der Waals surface area contributed by atoms with E-state index < -0.39 is 23.6 Å². The average Bonchev–Trinajstić information content (AvgIpc) is 2.31. The van der Waals surface area contributed by atoms with Gasteiger partial charge < -0.3 is 16.2 Å². The van der Waals surface area contributed by atoms with E-state index in [2.05, 4.69) is 6.92 Å². The van der Waals surface area contributed by atoms with E-state index >= 15 is 0 Å². The Balaban J connectivity index is 2.57. The smallest absolute Gasteiger partial charge is 0.318 e. The molecule has 0 saturated heterocycles. The third-order valence-electron chi connectivity index (χ3n) is 3.60. The summed E-state index contributed by atoms with van der Waals surface area (Å²) in [6, 6.07) is -0.866. The molecule has 6 heteroatoms. The van der Waals surface area contributed by atoms with Crippen LogP contribution in [0.25, 0.3) is 0 Å². The number of nitrogens with one attached hydrogen (secondary N) is 1. The van der Waals surface area contributed by atoms with Gasteiger partial charge in [0.1, 0.15) is 6.10 Å². The van der Waals surface area contributed by atoms with Gasteiger partial charge in [0.15, 0.2) is 0 Å². The van der Waals surface area contributed by atoms with Crippen LogP contribution in [0.5, 0.6) is 0 Å². The van der Waals surface area contributed by atoms with Gasteiger partial charge in [0.05, 0.1) is 5.60 Å². The molecule has 0 aromatic rings. The molecular weight excluding hydrogens is 234 g/mol. The summed E-state index contributed by atoms with van der Waals surface area (Å²) in [6.07, 6.45) is 3.05. The molecule has 0 spiro atoms. The van der Waals surface area contributed by atoms with Gasteiger partial charge in [0.2, 0.25) is 0 Å². The first-order valence-corrected chi connectivity index (χ1v) is 6.37. The Bertz CT molecular complexity index is 312. The number of nitrogens with two attached hydrogens (primary N) is 2. The minimum Gasteiger partial charge on any atom is -0.361 e. The van der Waals surface area contributed by atoms with E-state index in [0.29, 0.717) is 12.5 Å². The number of carbonyl (C=O) groups is 2. The summed E-state index contributed by atoms with van der Waals surface area (Å²) >= 11 is 0. The first kappa shape index (κ1) is 14.9. The zero-order valence-electron chi connectivity index (χ0n) is 11.1. The predicted octanol–water partition coefficient (Wildman–Crippen LogP) is 0.494. The Kier molecular flexibility index (Phi) is 5.10. The molecule has 5 N–H and O–H groups in total. The topological polar surface area (TPSA) is 107 Å². The lowest BCUT2D eigenvalue weighted by Gasteiger charge is -2.39. The highest BCUT2D eigenvalue weighted by Gasteiger charge is 2.36. The molecule has 1 unspecified atom stereocenters. The molecular formula is C12H23N3O3. The zero-order chi connectivity index (χ0) is 13.8. The van der Waals surface area contributed by atoms with Crippen LogP contribution in [0.3, 0.4) is 0 Å². The van der Waals surface area contributed by atoms with E-state index in [1.165, 1.54) is 0 Å². The molecule has 1 aliphatic carbocycles. The van der Waals surface area contributed by atoms with Crippen LogP contribution >= 0.6 is 0 Å². The Morgan fingerprint density at radius 3 is 2.44 bits per heavy atom. The lowest BCUT2D eigenvalue weighted by molar-refractivity contribution is -0.149. The van der Waals surface area contributed by atoms with Gasteiger partial charge >= 0.3 is 6.03 Å². The maximum Gasteiger partial charge on any atom is 0.318 e. The fraction of sp³-hybridized carbons (Fsp3) is 0.833. The predicted molar refractivity (Wildman–Crippen MR) is 67.7 cm³/mol. The van der Waals surface area contributed by atoms with Crippen LogP contribution in [0.15, 0.2) is 0 Å². The Morgan fingerprint density at radius 2 is 2.00 bits per heavy atom. The van der Waals surface area contributed by atoms with Crippen molar-refractivity contribution in [2.45, 2.75) is 51.2 Å². The van der Waals surface area contributed by atoms with Gasteiger partial charge in [-0.2, -0.15) is 0 Å². The minimum atomic E-state index is -0.866. The second-order valence-electron chi connectivity index (χ2n) is 5.18. The maximum absolute atomic E-state index is 11.6. The van der Waals surface area contributed by atoms with Crippen molar-refractivity contribution in [2.75, 3.05) is 6.54 Å². The largest absolute Gasteiger partial charge is 0.361 e. The van der Waals surface area contributed by atoms with Gasteiger partial charge in [-0.25, -0.2) is 4.79 Å². The Hall–Kier alpha value is -1.14. The fourth-order valence-electron chi connectivity index (χ4n) is 2.31. The van der Waals surface area contributed by atoms with Crippen molar-refractivity contribution in [1.82, 2.24) is 5.32 Å². The van der Waals surface area contributed by atoms with Crippen molar-refractivity contribution >= 4 is 11.9 Å². The molecule has 1 atom stereocenters. The van der Waals surface area contributed by atoms with Crippen LogP contribution in [0, 0.1) is 5.92 Å². The van der Waals surface area contributed by atoms with Crippen LogP contribution in [0.1, 0.15) is 39.5 Å². The first-order valence-electron chi connectivity index (χ1n) is 6.37. The number of urea groups is 1. The Labute approximate surface area is 107 Å². The van der Waals surface area contributed by atoms with Gasteiger partial charge in [-0.15, -0.1) is 0 Å². The van der Waals surface area contributed by atoms with Crippen molar-refractivity contribution < 1.29 is 14.3 Å². The van der Waals surface area contributed by atoms with Crippen molar-refractivity contribution in [2.24, 2.45) is 17.4 Å². The molecule has 0 bridgehead atoms. The third-order valence-corrected chi connectivity index (χ3v) is 3.60. The maximum atomic E-state index is 11.6.